The number of aliphatic carboxylic acids is 1. The lowest BCUT2D eigenvalue weighted by molar-refractivity contribution is -0.137. The Morgan fingerprint density at radius 3 is 2.62 bits per heavy atom. The number of thiophene rings is 1. The van der Waals surface area contributed by atoms with Crippen molar-refractivity contribution in [3.63, 3.8) is 0 Å². The highest BCUT2D eigenvalue weighted by atomic mass is 32.1. The molecule has 21 heavy (non-hydrogen) atoms. The monoisotopic (exact) mass is 303 g/mol. The fraction of sp³-hybridized carbons (Fsp3) is 0.250. The van der Waals surface area contributed by atoms with Crippen molar-refractivity contribution in [1.82, 2.24) is 5.32 Å². The summed E-state index contributed by atoms with van der Waals surface area (Å²) in [5.41, 5.74) is 1.91. The number of hydrogen-bond acceptors (Lipinski definition) is 3. The van der Waals surface area contributed by atoms with Gasteiger partial charge in [0.05, 0.1) is 4.88 Å². The molecule has 0 bridgehead atoms. The van der Waals surface area contributed by atoms with Crippen LogP contribution < -0.4 is 5.32 Å². The predicted molar refractivity (Wildman–Crippen MR) is 83.6 cm³/mol. The lowest BCUT2D eigenvalue weighted by Gasteiger charge is -2.13. The quantitative estimate of drug-likeness (QED) is 0.859. The zero-order valence-corrected chi connectivity index (χ0v) is 12.5. The van der Waals surface area contributed by atoms with Crippen molar-refractivity contribution in [1.29, 1.82) is 0 Å². The lowest BCUT2D eigenvalue weighted by Crippen LogP contribution is -2.32. The van der Waals surface area contributed by atoms with Gasteiger partial charge in [-0.2, -0.15) is 0 Å². The molecule has 110 valence electrons. The van der Waals surface area contributed by atoms with Crippen LogP contribution in [0.2, 0.25) is 0 Å². The van der Waals surface area contributed by atoms with Gasteiger partial charge in [-0.25, -0.2) is 0 Å². The number of hydrogen-bond donors (Lipinski definition) is 2. The summed E-state index contributed by atoms with van der Waals surface area (Å²) in [6.45, 7) is 1.82. The zero-order valence-electron chi connectivity index (χ0n) is 11.7. The summed E-state index contributed by atoms with van der Waals surface area (Å²) in [7, 11) is 0. The van der Waals surface area contributed by atoms with Gasteiger partial charge in [0.1, 0.15) is 0 Å². The lowest BCUT2D eigenvalue weighted by atomic mass is 10.1. The van der Waals surface area contributed by atoms with Crippen LogP contribution in [0.15, 0.2) is 41.8 Å². The second-order valence-electron chi connectivity index (χ2n) is 4.84. The van der Waals surface area contributed by atoms with Crippen LogP contribution >= 0.6 is 11.3 Å². The number of nitrogens with one attached hydrogen (secondary N) is 1. The third kappa shape index (κ3) is 4.16. The van der Waals surface area contributed by atoms with E-state index < -0.39 is 5.97 Å². The summed E-state index contributed by atoms with van der Waals surface area (Å²) in [6.07, 6.45) is 0.477. The molecule has 1 aromatic carbocycles. The number of carbonyl (C=O) groups is 2. The minimum Gasteiger partial charge on any atom is -0.481 e. The molecule has 0 aliphatic rings. The van der Waals surface area contributed by atoms with Gasteiger partial charge in [0.25, 0.3) is 5.91 Å². The summed E-state index contributed by atoms with van der Waals surface area (Å²) in [6, 6.07) is 11.5. The molecule has 2 N–H and O–H groups in total. The largest absolute Gasteiger partial charge is 0.481 e. The molecule has 0 saturated carbocycles. The second kappa shape index (κ2) is 7.04. The normalized spacial score (nSPS) is 11.9. The first-order valence-corrected chi connectivity index (χ1v) is 7.61. The molecule has 2 aromatic rings. The molecule has 0 saturated heterocycles. The summed E-state index contributed by atoms with van der Waals surface area (Å²) in [4.78, 5) is 23.5. The molecule has 1 aromatic heterocycles. The first kappa shape index (κ1) is 15.3. The van der Waals surface area contributed by atoms with Crippen LogP contribution in [0.5, 0.6) is 0 Å². The van der Waals surface area contributed by atoms with Crippen LogP contribution in [0.25, 0.3) is 11.1 Å². The average Bonchev–Trinajstić information content (AvgIpc) is 2.95. The van der Waals surface area contributed by atoms with Crippen LogP contribution in [-0.4, -0.2) is 23.0 Å². The van der Waals surface area contributed by atoms with E-state index in [-0.39, 0.29) is 18.4 Å². The molecule has 1 unspecified atom stereocenters. The molecule has 2 rings (SSSR count). The maximum Gasteiger partial charge on any atom is 0.303 e. The van der Waals surface area contributed by atoms with Crippen molar-refractivity contribution in [3.05, 3.63) is 46.7 Å². The molecule has 1 amide bonds. The smallest absolute Gasteiger partial charge is 0.303 e. The standard InChI is InChI=1S/C16H17NO3S/c1-11(7-8-14(18)19)17-16(20)15-13(9-10-21-15)12-5-3-2-4-6-12/h2-6,9-11H,7-8H2,1H3,(H,17,20)(H,18,19). The molecule has 0 spiro atoms. The maximum absolute atomic E-state index is 12.3. The highest BCUT2D eigenvalue weighted by molar-refractivity contribution is 7.12. The van der Waals surface area contributed by atoms with Gasteiger partial charge >= 0.3 is 5.97 Å². The number of carboxylic acid groups (broad SMARTS) is 1. The van der Waals surface area contributed by atoms with Gasteiger partial charge in [-0.05, 0) is 30.4 Å². The minimum atomic E-state index is -0.850. The van der Waals surface area contributed by atoms with Gasteiger partial charge in [-0.15, -0.1) is 11.3 Å². The molecule has 0 radical (unpaired) electrons. The van der Waals surface area contributed by atoms with E-state index in [0.29, 0.717) is 11.3 Å². The fourth-order valence-electron chi connectivity index (χ4n) is 2.03. The average molecular weight is 303 g/mol. The van der Waals surface area contributed by atoms with Crippen LogP contribution in [0.3, 0.4) is 0 Å². The maximum atomic E-state index is 12.3. The highest BCUT2D eigenvalue weighted by Gasteiger charge is 2.16. The van der Waals surface area contributed by atoms with Gasteiger partial charge in [0.15, 0.2) is 0 Å². The van der Waals surface area contributed by atoms with Crippen molar-refractivity contribution >= 4 is 23.2 Å². The number of carboxylic acids is 1. The first-order valence-electron chi connectivity index (χ1n) is 6.73. The summed E-state index contributed by atoms with van der Waals surface area (Å²) in [5.74, 6) is -1.00. The Hall–Kier alpha value is -2.14. The van der Waals surface area contributed by atoms with E-state index in [4.69, 9.17) is 5.11 Å². The zero-order chi connectivity index (χ0) is 15.2. The molecule has 5 heteroatoms. The topological polar surface area (TPSA) is 66.4 Å². The molecule has 1 heterocycles. The van der Waals surface area contributed by atoms with Crippen molar-refractivity contribution in [2.75, 3.05) is 0 Å². The Labute approximate surface area is 127 Å². The van der Waals surface area contributed by atoms with Crippen molar-refractivity contribution in [2.45, 2.75) is 25.8 Å². The van der Waals surface area contributed by atoms with E-state index in [0.717, 1.165) is 11.1 Å². The van der Waals surface area contributed by atoms with Gasteiger partial charge in [-0.1, -0.05) is 30.3 Å². The number of amides is 1. The molecule has 0 aliphatic carbocycles. The van der Waals surface area contributed by atoms with Gasteiger partial charge < -0.3 is 10.4 Å². The fourth-order valence-corrected chi connectivity index (χ4v) is 2.85. The molecular weight excluding hydrogens is 286 g/mol. The van der Waals surface area contributed by atoms with Crippen LogP contribution in [0.1, 0.15) is 29.4 Å². The first-order chi connectivity index (χ1) is 10.1. The van der Waals surface area contributed by atoms with Crippen molar-refractivity contribution in [3.8, 4) is 11.1 Å². The van der Waals surface area contributed by atoms with Gasteiger partial charge in [0.2, 0.25) is 0 Å². The number of carbonyl (C=O) groups excluding carboxylic acids is 1. The Morgan fingerprint density at radius 1 is 1.24 bits per heavy atom. The van der Waals surface area contributed by atoms with Crippen molar-refractivity contribution in [2.24, 2.45) is 0 Å². The van der Waals surface area contributed by atoms with Crippen LogP contribution in [0, 0.1) is 0 Å². The third-order valence-electron chi connectivity index (χ3n) is 3.12. The second-order valence-corrected chi connectivity index (χ2v) is 5.75. The molecule has 1 atom stereocenters. The molecule has 0 fully saturated rings. The van der Waals surface area contributed by atoms with E-state index in [1.807, 2.05) is 48.7 Å². The Kier molecular flexibility index (Phi) is 5.11. The summed E-state index contributed by atoms with van der Waals surface area (Å²) < 4.78 is 0. The minimum absolute atomic E-state index is 0.0530. The molecule has 4 nitrogen and oxygen atoms in total. The third-order valence-corrected chi connectivity index (χ3v) is 4.04. The molecule has 0 aliphatic heterocycles. The Balaban J connectivity index is 2.07. The van der Waals surface area contributed by atoms with E-state index in [2.05, 4.69) is 5.32 Å². The Morgan fingerprint density at radius 2 is 1.95 bits per heavy atom. The van der Waals surface area contributed by atoms with Gasteiger partial charge in [0, 0.05) is 18.0 Å². The summed E-state index contributed by atoms with van der Waals surface area (Å²) >= 11 is 1.39. The molecular formula is C16H17NO3S. The number of rotatable bonds is 6. The van der Waals surface area contributed by atoms with E-state index in [1.165, 1.54) is 11.3 Å². The number of benzene rings is 1. The highest BCUT2D eigenvalue weighted by Crippen LogP contribution is 2.28. The summed E-state index contributed by atoms with van der Waals surface area (Å²) in [5, 5.41) is 13.4. The SMILES string of the molecule is CC(CCC(=O)O)NC(=O)c1sccc1-c1ccccc1. The Bertz CT molecular complexity index is 621. The van der Waals surface area contributed by atoms with Crippen LogP contribution in [-0.2, 0) is 4.79 Å². The van der Waals surface area contributed by atoms with E-state index >= 15 is 0 Å². The van der Waals surface area contributed by atoms with E-state index in [9.17, 15) is 9.59 Å². The predicted octanol–water partition coefficient (Wildman–Crippen LogP) is 3.40. The van der Waals surface area contributed by atoms with Gasteiger partial charge in [-0.3, -0.25) is 9.59 Å². The van der Waals surface area contributed by atoms with E-state index in [1.54, 1.807) is 0 Å². The van der Waals surface area contributed by atoms with Crippen molar-refractivity contribution < 1.29 is 14.7 Å². The van der Waals surface area contributed by atoms with Crippen LogP contribution in [0.4, 0.5) is 0 Å².